The van der Waals surface area contributed by atoms with E-state index in [1.165, 1.54) is 0 Å². The number of esters is 2. The van der Waals surface area contributed by atoms with Crippen LogP contribution in [0.15, 0.2) is 24.3 Å². The summed E-state index contributed by atoms with van der Waals surface area (Å²) in [6.45, 7) is 7.64. The van der Waals surface area contributed by atoms with Crippen molar-refractivity contribution in [1.82, 2.24) is 0 Å². The molecule has 4 heteroatoms. The molecule has 128 valence electrons. The second-order valence-electron chi connectivity index (χ2n) is 5.90. The summed E-state index contributed by atoms with van der Waals surface area (Å²) in [4.78, 5) is 23.9. The Morgan fingerprint density at radius 2 is 1.17 bits per heavy atom. The molecule has 0 unspecified atom stereocenters. The summed E-state index contributed by atoms with van der Waals surface area (Å²) in [5.41, 5.74) is 1.63. The molecule has 0 atom stereocenters. The molecule has 0 aliphatic heterocycles. The zero-order chi connectivity index (χ0) is 17.7. The van der Waals surface area contributed by atoms with Gasteiger partial charge in [0.05, 0.1) is 0 Å². The fourth-order valence-corrected chi connectivity index (χ4v) is 2.62. The molecule has 0 aromatic heterocycles. The first-order valence-electron chi connectivity index (χ1n) is 8.42. The number of hydrogen-bond acceptors (Lipinski definition) is 4. The van der Waals surface area contributed by atoms with E-state index in [1.54, 1.807) is 0 Å². The summed E-state index contributed by atoms with van der Waals surface area (Å²) in [5.74, 6) is 0.607. The van der Waals surface area contributed by atoms with Crippen LogP contribution in [-0.2, 0) is 9.59 Å². The molecular weight excluding hydrogens is 304 g/mol. The van der Waals surface area contributed by atoms with Crippen molar-refractivity contribution in [2.75, 3.05) is 0 Å². The van der Waals surface area contributed by atoms with Gasteiger partial charge >= 0.3 is 11.9 Å². The van der Waals surface area contributed by atoms with Crippen LogP contribution in [0.5, 0.6) is 11.5 Å². The fourth-order valence-electron chi connectivity index (χ4n) is 2.62. The molecule has 0 amide bonds. The van der Waals surface area contributed by atoms with Crippen molar-refractivity contribution in [2.24, 2.45) is 0 Å². The van der Waals surface area contributed by atoms with Gasteiger partial charge in [-0.15, -0.1) is 0 Å². The van der Waals surface area contributed by atoms with Gasteiger partial charge in [-0.2, -0.15) is 0 Å². The first kappa shape index (κ1) is 18.0. The maximum absolute atomic E-state index is 12.0. The fraction of sp³-hybridized carbons (Fsp3) is 0.400. The van der Waals surface area contributed by atoms with E-state index in [9.17, 15) is 9.59 Å². The quantitative estimate of drug-likeness (QED) is 0.561. The number of benzene rings is 2. The maximum atomic E-state index is 12.0. The van der Waals surface area contributed by atoms with Crippen molar-refractivity contribution in [2.45, 2.75) is 53.4 Å². The largest absolute Gasteiger partial charge is 0.426 e. The molecule has 0 fully saturated rings. The van der Waals surface area contributed by atoms with E-state index in [-0.39, 0.29) is 11.9 Å². The van der Waals surface area contributed by atoms with Crippen LogP contribution in [0, 0.1) is 13.8 Å². The Labute approximate surface area is 142 Å². The van der Waals surface area contributed by atoms with Crippen molar-refractivity contribution in [3.8, 4) is 11.5 Å². The van der Waals surface area contributed by atoms with Crippen LogP contribution >= 0.6 is 0 Å². The molecule has 0 radical (unpaired) electrons. The summed E-state index contributed by atoms with van der Waals surface area (Å²) in [6, 6.07) is 7.53. The molecule has 2 aromatic rings. The third kappa shape index (κ3) is 3.75. The smallest absolute Gasteiger partial charge is 0.311 e. The molecule has 0 aliphatic carbocycles. The molecule has 0 heterocycles. The molecule has 2 aromatic carbocycles. The number of rotatable bonds is 6. The van der Waals surface area contributed by atoms with Crippen LogP contribution in [-0.4, -0.2) is 11.9 Å². The number of carbonyl (C=O) groups excluding carboxylic acids is 2. The average molecular weight is 328 g/mol. The van der Waals surface area contributed by atoms with Crippen LogP contribution < -0.4 is 9.47 Å². The molecular formula is C20H24O4. The van der Waals surface area contributed by atoms with Crippen molar-refractivity contribution in [3.63, 3.8) is 0 Å². The van der Waals surface area contributed by atoms with Gasteiger partial charge in [0, 0.05) is 23.6 Å². The number of fused-ring (bicyclic) bond motifs is 1. The Kier molecular flexibility index (Phi) is 5.96. The van der Waals surface area contributed by atoms with Gasteiger partial charge in [-0.3, -0.25) is 9.59 Å². The third-order valence-electron chi connectivity index (χ3n) is 4.00. The predicted molar refractivity (Wildman–Crippen MR) is 94.5 cm³/mol. The van der Waals surface area contributed by atoms with Gasteiger partial charge in [-0.25, -0.2) is 0 Å². The zero-order valence-electron chi connectivity index (χ0n) is 14.8. The van der Waals surface area contributed by atoms with E-state index in [2.05, 4.69) is 0 Å². The molecule has 2 rings (SSSR count). The number of ether oxygens (including phenoxy) is 2. The van der Waals surface area contributed by atoms with Crippen molar-refractivity contribution in [3.05, 3.63) is 35.4 Å². The first-order valence-corrected chi connectivity index (χ1v) is 8.42. The standard InChI is InChI=1S/C20H24O4/c1-5-9-17(21)23-19-13(3)14(4)20(24-18(22)10-6-2)16-12-8-7-11-15(16)19/h7-8,11-12H,5-6,9-10H2,1-4H3. The molecule has 0 N–H and O–H groups in total. The lowest BCUT2D eigenvalue weighted by Gasteiger charge is -2.17. The van der Waals surface area contributed by atoms with Crippen LogP contribution in [0.4, 0.5) is 0 Å². The minimum absolute atomic E-state index is 0.249. The van der Waals surface area contributed by atoms with E-state index >= 15 is 0 Å². The Bertz CT molecular complexity index is 697. The SMILES string of the molecule is CCCC(=O)Oc1c(C)c(C)c(OC(=O)CCC)c2ccccc12. The second-order valence-corrected chi connectivity index (χ2v) is 5.90. The lowest BCUT2D eigenvalue weighted by Crippen LogP contribution is -2.12. The van der Waals surface area contributed by atoms with E-state index in [1.807, 2.05) is 52.0 Å². The highest BCUT2D eigenvalue weighted by molar-refractivity contribution is 5.98. The van der Waals surface area contributed by atoms with Gasteiger partial charge < -0.3 is 9.47 Å². The Hall–Kier alpha value is -2.36. The van der Waals surface area contributed by atoms with E-state index in [0.717, 1.165) is 34.7 Å². The van der Waals surface area contributed by atoms with E-state index in [0.29, 0.717) is 24.3 Å². The van der Waals surface area contributed by atoms with Gasteiger partial charge in [0.1, 0.15) is 11.5 Å². The van der Waals surface area contributed by atoms with Crippen LogP contribution in [0.3, 0.4) is 0 Å². The van der Waals surface area contributed by atoms with Crippen LogP contribution in [0.25, 0.3) is 10.8 Å². The molecule has 0 aliphatic rings. The number of carbonyl (C=O) groups is 2. The summed E-state index contributed by atoms with van der Waals surface area (Å²) in [6.07, 6.45) is 2.23. The van der Waals surface area contributed by atoms with E-state index < -0.39 is 0 Å². The molecule has 0 saturated heterocycles. The Morgan fingerprint density at radius 3 is 1.50 bits per heavy atom. The maximum Gasteiger partial charge on any atom is 0.311 e. The van der Waals surface area contributed by atoms with Crippen LogP contribution in [0.1, 0.15) is 50.7 Å². The van der Waals surface area contributed by atoms with Gasteiger partial charge in [0.25, 0.3) is 0 Å². The molecule has 24 heavy (non-hydrogen) atoms. The minimum atomic E-state index is -0.249. The van der Waals surface area contributed by atoms with Gasteiger partial charge in [0.2, 0.25) is 0 Å². The van der Waals surface area contributed by atoms with Crippen LogP contribution in [0.2, 0.25) is 0 Å². The van der Waals surface area contributed by atoms with E-state index in [4.69, 9.17) is 9.47 Å². The highest BCUT2D eigenvalue weighted by atomic mass is 16.5. The van der Waals surface area contributed by atoms with Gasteiger partial charge in [0.15, 0.2) is 0 Å². The topological polar surface area (TPSA) is 52.6 Å². The molecule has 0 spiro atoms. The first-order chi connectivity index (χ1) is 11.5. The minimum Gasteiger partial charge on any atom is -0.426 e. The van der Waals surface area contributed by atoms with Crippen molar-refractivity contribution >= 4 is 22.7 Å². The molecule has 0 saturated carbocycles. The van der Waals surface area contributed by atoms with Gasteiger partial charge in [-0.1, -0.05) is 38.1 Å². The van der Waals surface area contributed by atoms with Crippen molar-refractivity contribution < 1.29 is 19.1 Å². The lowest BCUT2D eigenvalue weighted by atomic mass is 9.99. The highest BCUT2D eigenvalue weighted by Crippen LogP contribution is 2.40. The number of hydrogen-bond donors (Lipinski definition) is 0. The predicted octanol–water partition coefficient (Wildman–Crippen LogP) is 4.87. The lowest BCUT2D eigenvalue weighted by molar-refractivity contribution is -0.135. The summed E-state index contributed by atoms with van der Waals surface area (Å²) in [7, 11) is 0. The summed E-state index contributed by atoms with van der Waals surface area (Å²) < 4.78 is 11.2. The highest BCUT2D eigenvalue weighted by Gasteiger charge is 2.19. The third-order valence-corrected chi connectivity index (χ3v) is 4.00. The Morgan fingerprint density at radius 1 is 0.792 bits per heavy atom. The Balaban J connectivity index is 2.56. The van der Waals surface area contributed by atoms with Crippen molar-refractivity contribution in [1.29, 1.82) is 0 Å². The monoisotopic (exact) mass is 328 g/mol. The summed E-state index contributed by atoms with van der Waals surface area (Å²) >= 11 is 0. The molecule has 4 nitrogen and oxygen atoms in total. The zero-order valence-corrected chi connectivity index (χ0v) is 14.8. The average Bonchev–Trinajstić information content (AvgIpc) is 2.56. The van der Waals surface area contributed by atoms with Gasteiger partial charge in [-0.05, 0) is 37.8 Å². The second kappa shape index (κ2) is 7.95. The summed E-state index contributed by atoms with van der Waals surface area (Å²) in [5, 5.41) is 1.56. The normalized spacial score (nSPS) is 10.7. The molecule has 0 bridgehead atoms.